The van der Waals surface area contributed by atoms with E-state index in [1.54, 1.807) is 0 Å². The molecule has 0 aromatic heterocycles. The number of nitrogens with one attached hydrogen (secondary N) is 1. The molecule has 0 aliphatic carbocycles. The molecule has 0 heterocycles. The number of carboxylic acid groups (broad SMARTS) is 1. The molecule has 100 valence electrons. The summed E-state index contributed by atoms with van der Waals surface area (Å²) >= 11 is 0. The van der Waals surface area contributed by atoms with E-state index in [-0.39, 0.29) is 17.2 Å². The highest BCUT2D eigenvalue weighted by Crippen LogP contribution is 2.20. The third-order valence-electron chi connectivity index (χ3n) is 2.44. The minimum Gasteiger partial charge on any atom is -0.480 e. The van der Waals surface area contributed by atoms with Crippen LogP contribution in [0.25, 0.3) is 0 Å². The Kier molecular flexibility index (Phi) is 6.21. The number of carbonyl (C=O) groups is 2. The van der Waals surface area contributed by atoms with Crippen LogP contribution in [0.1, 0.15) is 53.9 Å². The van der Waals surface area contributed by atoms with E-state index in [9.17, 15) is 9.59 Å². The molecule has 0 rings (SSSR count). The first kappa shape index (κ1) is 15.9. The molecule has 0 aromatic rings. The zero-order chi connectivity index (χ0) is 13.6. The van der Waals surface area contributed by atoms with Gasteiger partial charge in [0.15, 0.2) is 0 Å². The summed E-state index contributed by atoms with van der Waals surface area (Å²) < 4.78 is 0. The summed E-state index contributed by atoms with van der Waals surface area (Å²) in [4.78, 5) is 22.6. The molecule has 2 N–H and O–H groups in total. The average Bonchev–Trinajstić information content (AvgIpc) is 2.11. The fraction of sp³-hybridized carbons (Fsp3) is 0.846. The van der Waals surface area contributed by atoms with Gasteiger partial charge in [0.05, 0.1) is 0 Å². The lowest BCUT2D eigenvalue weighted by atomic mass is 9.90. The van der Waals surface area contributed by atoms with Crippen molar-refractivity contribution in [3.63, 3.8) is 0 Å². The molecule has 0 spiro atoms. The van der Waals surface area contributed by atoms with Crippen molar-refractivity contribution >= 4 is 11.9 Å². The highest BCUT2D eigenvalue weighted by Gasteiger charge is 2.21. The first-order valence-corrected chi connectivity index (χ1v) is 6.14. The molecule has 1 amide bonds. The van der Waals surface area contributed by atoms with E-state index in [4.69, 9.17) is 5.11 Å². The standard InChI is InChI=1S/C13H25NO3/c1-9(2)8-10(12(16)17)14-11(15)6-7-13(3,4)5/h9-10H,6-8H2,1-5H3,(H,14,15)(H,16,17). The minimum atomic E-state index is -0.956. The summed E-state index contributed by atoms with van der Waals surface area (Å²) in [6, 6.07) is -0.762. The van der Waals surface area contributed by atoms with Crippen LogP contribution < -0.4 is 5.32 Å². The van der Waals surface area contributed by atoms with Crippen molar-refractivity contribution < 1.29 is 14.7 Å². The smallest absolute Gasteiger partial charge is 0.326 e. The van der Waals surface area contributed by atoms with Crippen LogP contribution >= 0.6 is 0 Å². The molecule has 0 aliphatic heterocycles. The number of carboxylic acids is 1. The predicted octanol–water partition coefficient (Wildman–Crippen LogP) is 2.43. The van der Waals surface area contributed by atoms with E-state index >= 15 is 0 Å². The van der Waals surface area contributed by atoms with Gasteiger partial charge < -0.3 is 10.4 Å². The fourth-order valence-electron chi connectivity index (χ4n) is 1.45. The molecule has 0 radical (unpaired) electrons. The maximum absolute atomic E-state index is 11.6. The number of hydrogen-bond donors (Lipinski definition) is 2. The molecule has 0 aliphatic rings. The van der Waals surface area contributed by atoms with Crippen LogP contribution in [0.3, 0.4) is 0 Å². The molecule has 1 unspecified atom stereocenters. The number of carbonyl (C=O) groups excluding carboxylic acids is 1. The Labute approximate surface area is 104 Å². The molecule has 0 aromatic carbocycles. The molecule has 0 saturated carbocycles. The Bertz CT molecular complexity index is 266. The Hall–Kier alpha value is -1.06. The van der Waals surface area contributed by atoms with Crippen molar-refractivity contribution in [2.75, 3.05) is 0 Å². The van der Waals surface area contributed by atoms with Crippen LogP contribution in [0.4, 0.5) is 0 Å². The van der Waals surface area contributed by atoms with E-state index in [2.05, 4.69) is 26.1 Å². The molecule has 1 atom stereocenters. The van der Waals surface area contributed by atoms with Gasteiger partial charge >= 0.3 is 5.97 Å². The van der Waals surface area contributed by atoms with Crippen molar-refractivity contribution in [2.24, 2.45) is 11.3 Å². The quantitative estimate of drug-likeness (QED) is 0.753. The number of amides is 1. The van der Waals surface area contributed by atoms with Crippen molar-refractivity contribution in [2.45, 2.75) is 59.9 Å². The van der Waals surface area contributed by atoms with Gasteiger partial charge in [0, 0.05) is 6.42 Å². The highest BCUT2D eigenvalue weighted by atomic mass is 16.4. The van der Waals surface area contributed by atoms with E-state index in [1.165, 1.54) is 0 Å². The second-order valence-electron chi connectivity index (χ2n) is 6.15. The van der Waals surface area contributed by atoms with Crippen molar-refractivity contribution in [1.82, 2.24) is 5.32 Å². The predicted molar refractivity (Wildman–Crippen MR) is 67.7 cm³/mol. The maximum atomic E-state index is 11.6. The highest BCUT2D eigenvalue weighted by molar-refractivity contribution is 5.83. The van der Waals surface area contributed by atoms with Gasteiger partial charge in [0.2, 0.25) is 5.91 Å². The first-order chi connectivity index (χ1) is 7.61. The van der Waals surface area contributed by atoms with Crippen LogP contribution in [-0.4, -0.2) is 23.0 Å². The SMILES string of the molecule is CC(C)CC(NC(=O)CCC(C)(C)C)C(=O)O. The van der Waals surface area contributed by atoms with Crippen molar-refractivity contribution in [3.8, 4) is 0 Å². The zero-order valence-electron chi connectivity index (χ0n) is 11.5. The van der Waals surface area contributed by atoms with Crippen LogP contribution in [0.2, 0.25) is 0 Å². The summed E-state index contributed by atoms with van der Waals surface area (Å²) in [6.45, 7) is 10.1. The summed E-state index contributed by atoms with van der Waals surface area (Å²) in [5.41, 5.74) is 0.0914. The second kappa shape index (κ2) is 6.62. The molecular formula is C13H25NO3. The lowest BCUT2D eigenvalue weighted by Crippen LogP contribution is -2.41. The minimum absolute atomic E-state index is 0.0914. The van der Waals surface area contributed by atoms with Gasteiger partial charge in [-0.15, -0.1) is 0 Å². The summed E-state index contributed by atoms with van der Waals surface area (Å²) in [5.74, 6) is -0.880. The van der Waals surface area contributed by atoms with E-state index in [0.29, 0.717) is 12.8 Å². The van der Waals surface area contributed by atoms with E-state index in [0.717, 1.165) is 6.42 Å². The lowest BCUT2D eigenvalue weighted by Gasteiger charge is -2.20. The largest absolute Gasteiger partial charge is 0.480 e. The molecular weight excluding hydrogens is 218 g/mol. The summed E-state index contributed by atoms with van der Waals surface area (Å²) in [7, 11) is 0. The van der Waals surface area contributed by atoms with Gasteiger partial charge in [-0.1, -0.05) is 34.6 Å². The Morgan fingerprint density at radius 3 is 2.12 bits per heavy atom. The normalized spacial score (nSPS) is 13.5. The third kappa shape index (κ3) is 8.72. The average molecular weight is 243 g/mol. The molecule has 0 bridgehead atoms. The molecule has 4 heteroatoms. The van der Waals surface area contributed by atoms with Gasteiger partial charge in [-0.3, -0.25) is 4.79 Å². The number of rotatable bonds is 6. The van der Waals surface area contributed by atoms with Gasteiger partial charge in [0.25, 0.3) is 0 Å². The van der Waals surface area contributed by atoms with Gasteiger partial charge in [-0.2, -0.15) is 0 Å². The van der Waals surface area contributed by atoms with Crippen molar-refractivity contribution in [1.29, 1.82) is 0 Å². The van der Waals surface area contributed by atoms with E-state index < -0.39 is 12.0 Å². The Morgan fingerprint density at radius 2 is 1.76 bits per heavy atom. The van der Waals surface area contributed by atoms with Gasteiger partial charge in [0.1, 0.15) is 6.04 Å². The summed E-state index contributed by atoms with van der Waals surface area (Å²) in [6.07, 6.45) is 1.61. The van der Waals surface area contributed by atoms with E-state index in [1.807, 2.05) is 13.8 Å². The molecule has 0 saturated heterocycles. The van der Waals surface area contributed by atoms with Crippen molar-refractivity contribution in [3.05, 3.63) is 0 Å². The van der Waals surface area contributed by atoms with Crippen LogP contribution in [0, 0.1) is 11.3 Å². The lowest BCUT2D eigenvalue weighted by molar-refractivity contribution is -0.142. The fourth-order valence-corrected chi connectivity index (χ4v) is 1.45. The second-order valence-corrected chi connectivity index (χ2v) is 6.15. The Morgan fingerprint density at radius 1 is 1.24 bits per heavy atom. The first-order valence-electron chi connectivity index (χ1n) is 6.14. The number of aliphatic carboxylic acids is 1. The number of hydrogen-bond acceptors (Lipinski definition) is 2. The summed E-state index contributed by atoms with van der Waals surface area (Å²) in [5, 5.41) is 11.6. The maximum Gasteiger partial charge on any atom is 0.326 e. The van der Waals surface area contributed by atoms with Crippen LogP contribution in [0.5, 0.6) is 0 Å². The molecule has 0 fully saturated rings. The Balaban J connectivity index is 4.18. The zero-order valence-corrected chi connectivity index (χ0v) is 11.5. The van der Waals surface area contributed by atoms with Gasteiger partial charge in [-0.25, -0.2) is 4.79 Å². The third-order valence-corrected chi connectivity index (χ3v) is 2.44. The molecule has 4 nitrogen and oxygen atoms in total. The van der Waals surface area contributed by atoms with Gasteiger partial charge in [-0.05, 0) is 24.2 Å². The van der Waals surface area contributed by atoms with Crippen LogP contribution in [0.15, 0.2) is 0 Å². The van der Waals surface area contributed by atoms with Crippen LogP contribution in [-0.2, 0) is 9.59 Å². The monoisotopic (exact) mass is 243 g/mol. The molecule has 17 heavy (non-hydrogen) atoms. The topological polar surface area (TPSA) is 66.4 Å².